The third-order valence-electron chi connectivity index (χ3n) is 4.26. The Morgan fingerprint density at radius 1 is 1.24 bits per heavy atom. The number of para-hydroxylation sites is 1. The van der Waals surface area contributed by atoms with Crippen LogP contribution < -0.4 is 5.32 Å². The summed E-state index contributed by atoms with van der Waals surface area (Å²) in [4.78, 5) is 0. The van der Waals surface area contributed by atoms with Gasteiger partial charge >= 0.3 is 0 Å². The number of hydrogen-bond donors (Lipinski definition) is 1. The molecule has 0 aliphatic heterocycles. The van der Waals surface area contributed by atoms with Crippen molar-refractivity contribution in [2.45, 2.75) is 58.3 Å². The van der Waals surface area contributed by atoms with E-state index < -0.39 is 0 Å². The molecule has 114 valence electrons. The fourth-order valence-corrected chi connectivity index (χ4v) is 3.10. The van der Waals surface area contributed by atoms with Crippen molar-refractivity contribution in [1.29, 1.82) is 0 Å². The van der Waals surface area contributed by atoms with Gasteiger partial charge in [-0.2, -0.15) is 0 Å². The van der Waals surface area contributed by atoms with Crippen molar-refractivity contribution in [3.63, 3.8) is 0 Å². The van der Waals surface area contributed by atoms with E-state index >= 15 is 0 Å². The Morgan fingerprint density at radius 3 is 2.86 bits per heavy atom. The zero-order valence-corrected chi connectivity index (χ0v) is 12.9. The molecule has 2 aromatic rings. The lowest BCUT2D eigenvalue weighted by Crippen LogP contribution is -2.15. The molecule has 0 unspecified atom stereocenters. The number of nitrogens with one attached hydrogen (secondary N) is 1. The van der Waals surface area contributed by atoms with Crippen LogP contribution in [0.5, 0.6) is 0 Å². The minimum absolute atomic E-state index is 0.426. The Hall–Kier alpha value is -1.32. The molecule has 0 radical (unpaired) electrons. The minimum Gasteiger partial charge on any atom is -0.458 e. The summed E-state index contributed by atoms with van der Waals surface area (Å²) in [7, 11) is 0. The summed E-state index contributed by atoms with van der Waals surface area (Å²) in [6.45, 7) is 4.67. The first-order chi connectivity index (χ1) is 10.4. The SMILES string of the molecule is CCCNCc1c(COC2CCCC2)oc2ccccc12. The average Bonchev–Trinajstić information content (AvgIpc) is 3.13. The highest BCUT2D eigenvalue weighted by molar-refractivity contribution is 5.82. The van der Waals surface area contributed by atoms with Crippen LogP contribution in [0.25, 0.3) is 11.0 Å². The number of rotatable bonds is 7. The summed E-state index contributed by atoms with van der Waals surface area (Å²) in [5.41, 5.74) is 2.23. The molecule has 1 N–H and O–H groups in total. The maximum Gasteiger partial charge on any atom is 0.135 e. The molecule has 3 rings (SSSR count). The predicted octanol–water partition coefficient (Wildman–Crippen LogP) is 4.39. The molecule has 21 heavy (non-hydrogen) atoms. The van der Waals surface area contributed by atoms with Crippen molar-refractivity contribution >= 4 is 11.0 Å². The average molecular weight is 287 g/mol. The maximum absolute atomic E-state index is 6.04. The first-order valence-electron chi connectivity index (χ1n) is 8.20. The normalized spacial score (nSPS) is 16.0. The lowest BCUT2D eigenvalue weighted by atomic mass is 10.1. The molecular weight excluding hydrogens is 262 g/mol. The van der Waals surface area contributed by atoms with E-state index in [0.29, 0.717) is 12.7 Å². The van der Waals surface area contributed by atoms with E-state index in [1.54, 1.807) is 0 Å². The summed E-state index contributed by atoms with van der Waals surface area (Å²) in [5.74, 6) is 0.992. The Bertz CT molecular complexity index is 570. The van der Waals surface area contributed by atoms with Crippen LogP contribution in [0.3, 0.4) is 0 Å². The molecule has 0 saturated heterocycles. The fourth-order valence-electron chi connectivity index (χ4n) is 3.10. The standard InChI is InChI=1S/C18H25NO2/c1-2-11-19-12-16-15-9-5-6-10-17(15)21-18(16)13-20-14-7-3-4-8-14/h5-6,9-10,14,19H,2-4,7-8,11-13H2,1H3. The number of furan rings is 1. The van der Waals surface area contributed by atoms with Crippen LogP contribution in [-0.2, 0) is 17.9 Å². The van der Waals surface area contributed by atoms with Crippen LogP contribution in [0.4, 0.5) is 0 Å². The van der Waals surface area contributed by atoms with Crippen molar-refractivity contribution < 1.29 is 9.15 Å². The first kappa shape index (κ1) is 14.6. The summed E-state index contributed by atoms with van der Waals surface area (Å²) < 4.78 is 12.1. The molecule has 0 amide bonds. The van der Waals surface area contributed by atoms with Gasteiger partial charge in [0.05, 0.1) is 6.10 Å². The second-order valence-corrected chi connectivity index (χ2v) is 5.89. The molecule has 1 aliphatic rings. The lowest BCUT2D eigenvalue weighted by molar-refractivity contribution is 0.0359. The van der Waals surface area contributed by atoms with Crippen molar-refractivity contribution in [3.05, 3.63) is 35.6 Å². The van der Waals surface area contributed by atoms with E-state index in [-0.39, 0.29) is 0 Å². The molecule has 1 heterocycles. The Labute approximate surface area is 126 Å². The van der Waals surface area contributed by atoms with Crippen LogP contribution in [-0.4, -0.2) is 12.6 Å². The van der Waals surface area contributed by atoms with E-state index in [4.69, 9.17) is 9.15 Å². The van der Waals surface area contributed by atoms with Crippen LogP contribution in [0.1, 0.15) is 50.4 Å². The molecular formula is C18H25NO2. The zero-order valence-electron chi connectivity index (χ0n) is 12.9. The summed E-state index contributed by atoms with van der Waals surface area (Å²) in [6.07, 6.45) is 6.57. The lowest BCUT2D eigenvalue weighted by Gasteiger charge is -2.11. The number of ether oxygens (including phenoxy) is 1. The van der Waals surface area contributed by atoms with Gasteiger partial charge < -0.3 is 14.5 Å². The molecule has 3 heteroatoms. The van der Waals surface area contributed by atoms with Crippen LogP contribution >= 0.6 is 0 Å². The molecule has 1 fully saturated rings. The molecule has 3 nitrogen and oxygen atoms in total. The van der Waals surface area contributed by atoms with Crippen molar-refractivity contribution in [3.8, 4) is 0 Å². The molecule has 1 aliphatic carbocycles. The predicted molar refractivity (Wildman–Crippen MR) is 85.3 cm³/mol. The van der Waals surface area contributed by atoms with Gasteiger partial charge in [0.25, 0.3) is 0 Å². The molecule has 0 atom stereocenters. The molecule has 0 spiro atoms. The van der Waals surface area contributed by atoms with Crippen LogP contribution in [0, 0.1) is 0 Å². The highest BCUT2D eigenvalue weighted by Gasteiger charge is 2.18. The van der Waals surface area contributed by atoms with Gasteiger partial charge in [-0.25, -0.2) is 0 Å². The van der Waals surface area contributed by atoms with Gasteiger partial charge in [-0.15, -0.1) is 0 Å². The highest BCUT2D eigenvalue weighted by Crippen LogP contribution is 2.28. The fraction of sp³-hybridized carbons (Fsp3) is 0.556. The first-order valence-corrected chi connectivity index (χ1v) is 8.20. The third kappa shape index (κ3) is 3.47. The van der Waals surface area contributed by atoms with E-state index in [1.165, 1.54) is 36.6 Å². The Kier molecular flexibility index (Phi) is 4.94. The number of hydrogen-bond acceptors (Lipinski definition) is 3. The largest absolute Gasteiger partial charge is 0.458 e. The van der Waals surface area contributed by atoms with E-state index in [9.17, 15) is 0 Å². The van der Waals surface area contributed by atoms with E-state index in [2.05, 4.69) is 24.4 Å². The summed E-state index contributed by atoms with van der Waals surface area (Å²) >= 11 is 0. The summed E-state index contributed by atoms with van der Waals surface area (Å²) in [5, 5.41) is 4.70. The van der Waals surface area contributed by atoms with Gasteiger partial charge in [-0.05, 0) is 31.9 Å². The quantitative estimate of drug-likeness (QED) is 0.767. The topological polar surface area (TPSA) is 34.4 Å². The minimum atomic E-state index is 0.426. The van der Waals surface area contributed by atoms with Gasteiger partial charge in [0.1, 0.15) is 18.0 Å². The zero-order chi connectivity index (χ0) is 14.5. The van der Waals surface area contributed by atoms with Gasteiger partial charge in [0.15, 0.2) is 0 Å². The van der Waals surface area contributed by atoms with Crippen LogP contribution in [0.15, 0.2) is 28.7 Å². The van der Waals surface area contributed by atoms with Crippen molar-refractivity contribution in [2.75, 3.05) is 6.54 Å². The molecule has 1 aromatic heterocycles. The van der Waals surface area contributed by atoms with Crippen molar-refractivity contribution in [2.24, 2.45) is 0 Å². The maximum atomic E-state index is 6.04. The van der Waals surface area contributed by atoms with Gasteiger partial charge in [0, 0.05) is 17.5 Å². The Morgan fingerprint density at radius 2 is 2.05 bits per heavy atom. The smallest absolute Gasteiger partial charge is 0.135 e. The Balaban J connectivity index is 1.76. The van der Waals surface area contributed by atoms with Crippen molar-refractivity contribution in [1.82, 2.24) is 5.32 Å². The van der Waals surface area contributed by atoms with Gasteiger partial charge in [0.2, 0.25) is 0 Å². The van der Waals surface area contributed by atoms with E-state index in [0.717, 1.165) is 30.9 Å². The number of benzene rings is 1. The second kappa shape index (κ2) is 7.10. The molecule has 0 bridgehead atoms. The molecule has 1 aromatic carbocycles. The van der Waals surface area contributed by atoms with Gasteiger partial charge in [-0.3, -0.25) is 0 Å². The second-order valence-electron chi connectivity index (χ2n) is 5.89. The monoisotopic (exact) mass is 287 g/mol. The summed E-state index contributed by atoms with van der Waals surface area (Å²) in [6, 6.07) is 8.28. The highest BCUT2D eigenvalue weighted by atomic mass is 16.5. The van der Waals surface area contributed by atoms with E-state index in [1.807, 2.05) is 12.1 Å². The number of fused-ring (bicyclic) bond motifs is 1. The third-order valence-corrected chi connectivity index (χ3v) is 4.26. The van der Waals surface area contributed by atoms with Gasteiger partial charge in [-0.1, -0.05) is 38.0 Å². The van der Waals surface area contributed by atoms with Crippen LogP contribution in [0.2, 0.25) is 0 Å². The molecule has 1 saturated carbocycles.